The van der Waals surface area contributed by atoms with E-state index in [1.165, 1.54) is 10.9 Å². The molecule has 2 heterocycles. The van der Waals surface area contributed by atoms with E-state index in [2.05, 4.69) is 20.7 Å². The Labute approximate surface area is 219 Å². The van der Waals surface area contributed by atoms with Gasteiger partial charge in [0.2, 0.25) is 0 Å². The molecule has 0 saturated carbocycles. The molecule has 0 radical (unpaired) electrons. The van der Waals surface area contributed by atoms with Crippen molar-refractivity contribution >= 4 is 17.3 Å². The van der Waals surface area contributed by atoms with Gasteiger partial charge in [0, 0.05) is 30.2 Å². The van der Waals surface area contributed by atoms with Crippen LogP contribution in [-0.2, 0) is 13.1 Å². The summed E-state index contributed by atoms with van der Waals surface area (Å²) in [5.74, 6) is 0.604. The lowest BCUT2D eigenvalue weighted by molar-refractivity contribution is 0.0951. The fourth-order valence-corrected chi connectivity index (χ4v) is 3.82. The molecule has 38 heavy (non-hydrogen) atoms. The Balaban J connectivity index is 1.42. The number of carbonyl (C=O) groups excluding carboxylic acids is 1. The first kappa shape index (κ1) is 24.5. The van der Waals surface area contributed by atoms with Gasteiger partial charge in [0.05, 0.1) is 12.7 Å². The van der Waals surface area contributed by atoms with Crippen LogP contribution < -0.4 is 20.9 Å². The van der Waals surface area contributed by atoms with E-state index in [0.29, 0.717) is 30.1 Å². The molecule has 0 aliphatic heterocycles. The summed E-state index contributed by atoms with van der Waals surface area (Å²) in [5.41, 5.74) is 2.71. The Morgan fingerprint density at radius 2 is 1.61 bits per heavy atom. The zero-order valence-corrected chi connectivity index (χ0v) is 20.5. The van der Waals surface area contributed by atoms with Crippen LogP contribution in [0.5, 0.6) is 11.5 Å². The van der Waals surface area contributed by atoms with Crippen LogP contribution in [0.3, 0.4) is 0 Å². The van der Waals surface area contributed by atoms with E-state index in [1.807, 2.05) is 60.7 Å². The van der Waals surface area contributed by atoms with Crippen molar-refractivity contribution in [3.63, 3.8) is 0 Å². The summed E-state index contributed by atoms with van der Waals surface area (Å²) in [6, 6.07) is 29.4. The summed E-state index contributed by atoms with van der Waals surface area (Å²) in [5, 5.41) is 10.4. The van der Waals surface area contributed by atoms with Crippen molar-refractivity contribution < 1.29 is 9.53 Å². The summed E-state index contributed by atoms with van der Waals surface area (Å²) in [4.78, 5) is 30.4. The van der Waals surface area contributed by atoms with Crippen LogP contribution in [0.4, 0.5) is 11.4 Å². The zero-order valence-electron chi connectivity index (χ0n) is 20.5. The van der Waals surface area contributed by atoms with Gasteiger partial charge < -0.3 is 15.4 Å². The van der Waals surface area contributed by atoms with Crippen LogP contribution in [0.25, 0.3) is 0 Å². The smallest absolute Gasteiger partial charge is 0.294 e. The lowest BCUT2D eigenvalue weighted by atomic mass is 10.1. The SMILES string of the molecule is O=C(NCc1cccnc1)c1cccc(Nc2c(Oc3ccccc3)cnn(Cc3ccccc3)c2=O)c1. The predicted molar refractivity (Wildman–Crippen MR) is 146 cm³/mol. The molecule has 0 fully saturated rings. The highest BCUT2D eigenvalue weighted by Gasteiger charge is 2.16. The number of pyridine rings is 1. The third kappa shape index (κ3) is 6.11. The molecule has 0 saturated heterocycles. The van der Waals surface area contributed by atoms with Gasteiger partial charge in [-0.25, -0.2) is 4.68 Å². The molecule has 0 bridgehead atoms. The molecule has 5 aromatic rings. The molecule has 0 spiro atoms. The number of anilines is 2. The molecule has 0 unspecified atom stereocenters. The second-order valence-corrected chi connectivity index (χ2v) is 8.50. The van der Waals surface area contributed by atoms with Gasteiger partial charge in [0.1, 0.15) is 5.75 Å². The van der Waals surface area contributed by atoms with Gasteiger partial charge in [-0.3, -0.25) is 14.6 Å². The molecule has 1 amide bonds. The summed E-state index contributed by atoms with van der Waals surface area (Å²) in [7, 11) is 0. The fraction of sp³-hybridized carbons (Fsp3) is 0.0667. The molecule has 0 atom stereocenters. The number of rotatable bonds is 9. The zero-order chi connectivity index (χ0) is 26.2. The molecule has 8 nitrogen and oxygen atoms in total. The van der Waals surface area contributed by atoms with Gasteiger partial charge in [-0.05, 0) is 47.5 Å². The van der Waals surface area contributed by atoms with E-state index in [9.17, 15) is 9.59 Å². The first-order valence-corrected chi connectivity index (χ1v) is 12.1. The highest BCUT2D eigenvalue weighted by Crippen LogP contribution is 2.28. The van der Waals surface area contributed by atoms with E-state index >= 15 is 0 Å². The minimum absolute atomic E-state index is 0.215. The van der Waals surface area contributed by atoms with E-state index in [0.717, 1.165) is 11.1 Å². The monoisotopic (exact) mass is 503 g/mol. The normalized spacial score (nSPS) is 10.5. The number of aromatic nitrogens is 3. The third-order valence-corrected chi connectivity index (χ3v) is 5.73. The van der Waals surface area contributed by atoms with Gasteiger partial charge in [0.25, 0.3) is 11.5 Å². The third-order valence-electron chi connectivity index (χ3n) is 5.73. The average Bonchev–Trinajstić information content (AvgIpc) is 2.97. The maximum Gasteiger partial charge on any atom is 0.294 e. The largest absolute Gasteiger partial charge is 0.453 e. The van der Waals surface area contributed by atoms with Crippen LogP contribution in [0.1, 0.15) is 21.5 Å². The van der Waals surface area contributed by atoms with Gasteiger partial charge in [0.15, 0.2) is 11.4 Å². The molecule has 3 aromatic carbocycles. The number of hydrogen-bond acceptors (Lipinski definition) is 6. The second kappa shape index (κ2) is 11.7. The van der Waals surface area contributed by atoms with Crippen molar-refractivity contribution in [2.75, 3.05) is 5.32 Å². The summed E-state index contributed by atoms with van der Waals surface area (Å²) < 4.78 is 7.38. The van der Waals surface area contributed by atoms with Crippen molar-refractivity contribution in [2.24, 2.45) is 0 Å². The molecule has 2 N–H and O–H groups in total. The lowest BCUT2D eigenvalue weighted by Crippen LogP contribution is -2.26. The maximum absolute atomic E-state index is 13.5. The van der Waals surface area contributed by atoms with Gasteiger partial charge in [-0.1, -0.05) is 60.7 Å². The highest BCUT2D eigenvalue weighted by atomic mass is 16.5. The Hall–Kier alpha value is -5.24. The number of nitrogens with one attached hydrogen (secondary N) is 2. The number of nitrogens with zero attached hydrogens (tertiary/aromatic N) is 3. The van der Waals surface area contributed by atoms with E-state index in [4.69, 9.17) is 4.74 Å². The summed E-state index contributed by atoms with van der Waals surface area (Å²) >= 11 is 0. The van der Waals surface area contributed by atoms with Crippen molar-refractivity contribution in [3.05, 3.63) is 143 Å². The van der Waals surface area contributed by atoms with Crippen LogP contribution in [-0.4, -0.2) is 20.7 Å². The van der Waals surface area contributed by atoms with Gasteiger partial charge in [-0.15, -0.1) is 0 Å². The fourth-order valence-electron chi connectivity index (χ4n) is 3.82. The van der Waals surface area contributed by atoms with Crippen molar-refractivity contribution in [1.29, 1.82) is 0 Å². The quantitative estimate of drug-likeness (QED) is 0.289. The Morgan fingerprint density at radius 1 is 0.842 bits per heavy atom. The Morgan fingerprint density at radius 3 is 2.37 bits per heavy atom. The molecule has 8 heteroatoms. The topological polar surface area (TPSA) is 98.1 Å². The minimum atomic E-state index is -0.353. The Kier molecular flexibility index (Phi) is 7.51. The average molecular weight is 504 g/mol. The van der Waals surface area contributed by atoms with Crippen LogP contribution in [0, 0.1) is 0 Å². The first-order chi connectivity index (χ1) is 18.7. The number of benzene rings is 3. The lowest BCUT2D eigenvalue weighted by Gasteiger charge is -2.15. The molecule has 0 aliphatic carbocycles. The highest BCUT2D eigenvalue weighted by molar-refractivity contribution is 5.95. The van der Waals surface area contributed by atoms with Crippen LogP contribution in [0.15, 0.2) is 120 Å². The van der Waals surface area contributed by atoms with Crippen molar-refractivity contribution in [1.82, 2.24) is 20.1 Å². The van der Waals surface area contributed by atoms with Gasteiger partial charge in [-0.2, -0.15) is 5.10 Å². The molecular weight excluding hydrogens is 478 g/mol. The van der Waals surface area contributed by atoms with E-state index < -0.39 is 0 Å². The number of hydrogen-bond donors (Lipinski definition) is 2. The van der Waals surface area contributed by atoms with Crippen molar-refractivity contribution in [3.8, 4) is 11.5 Å². The van der Waals surface area contributed by atoms with Gasteiger partial charge >= 0.3 is 0 Å². The second-order valence-electron chi connectivity index (χ2n) is 8.50. The first-order valence-electron chi connectivity index (χ1n) is 12.1. The van der Waals surface area contributed by atoms with E-state index in [-0.39, 0.29) is 22.9 Å². The Bertz CT molecular complexity index is 1570. The standard InChI is InChI=1S/C30H25N5O3/c36-29(32-19-23-11-8-16-31-18-23)24-12-7-13-25(17-24)34-28-27(38-26-14-5-2-6-15-26)20-33-35(30(28)37)21-22-9-3-1-4-10-22/h1-18,20,34H,19,21H2,(H,32,36). The number of amides is 1. The molecule has 0 aliphatic rings. The van der Waals surface area contributed by atoms with E-state index in [1.54, 1.807) is 48.8 Å². The molecule has 188 valence electrons. The number of carbonyl (C=O) groups is 1. The van der Waals surface area contributed by atoms with Crippen LogP contribution in [0.2, 0.25) is 0 Å². The predicted octanol–water partition coefficient (Wildman–Crippen LogP) is 5.15. The van der Waals surface area contributed by atoms with Crippen molar-refractivity contribution in [2.45, 2.75) is 13.1 Å². The number of para-hydroxylation sites is 1. The maximum atomic E-state index is 13.5. The molecule has 5 rings (SSSR count). The minimum Gasteiger partial charge on any atom is -0.453 e. The number of ether oxygens (including phenoxy) is 1. The summed E-state index contributed by atoms with van der Waals surface area (Å²) in [6.45, 7) is 0.657. The summed E-state index contributed by atoms with van der Waals surface area (Å²) in [6.07, 6.45) is 4.91. The molecular formula is C30H25N5O3. The van der Waals surface area contributed by atoms with Crippen LogP contribution >= 0.6 is 0 Å². The molecule has 2 aromatic heterocycles.